The second-order valence-corrected chi connectivity index (χ2v) is 11.0. The summed E-state index contributed by atoms with van der Waals surface area (Å²) in [5.74, 6) is -0.132. The number of nitrogens with one attached hydrogen (secondary N) is 2. The van der Waals surface area contributed by atoms with Crippen LogP contribution in [0.15, 0.2) is 84.9 Å². The van der Waals surface area contributed by atoms with E-state index >= 15 is 0 Å². The van der Waals surface area contributed by atoms with E-state index < -0.39 is 17.6 Å². The van der Waals surface area contributed by atoms with Gasteiger partial charge in [-0.25, -0.2) is 5.48 Å². The quantitative estimate of drug-likeness (QED) is 0.0859. The van der Waals surface area contributed by atoms with Gasteiger partial charge < -0.3 is 15.0 Å². The van der Waals surface area contributed by atoms with Crippen molar-refractivity contribution < 1.29 is 27.9 Å². The highest BCUT2D eigenvalue weighted by atomic mass is 19.4. The SMILES string of the molecule is O=C(/C=C/c1ccc(CN2CCN(CCCCNCCC(Oc3ccc(C(F)(F)F)cc3)c3ccccc3)CC2)cc1)NO. The first-order valence-electron chi connectivity index (χ1n) is 15.1. The van der Waals surface area contributed by atoms with Crippen LogP contribution in [0, 0.1) is 0 Å². The fraction of sp³-hybridized carbons (Fsp3) is 0.382. The summed E-state index contributed by atoms with van der Waals surface area (Å²) in [6.45, 7) is 7.75. The Bertz CT molecular complexity index is 1290. The number of rotatable bonds is 15. The number of amides is 1. The first-order valence-corrected chi connectivity index (χ1v) is 15.1. The molecule has 1 aliphatic rings. The van der Waals surface area contributed by atoms with E-state index in [4.69, 9.17) is 9.94 Å². The number of unbranched alkanes of at least 4 members (excludes halogenated alkanes) is 1. The van der Waals surface area contributed by atoms with Crippen LogP contribution in [0.2, 0.25) is 0 Å². The van der Waals surface area contributed by atoms with Crippen LogP contribution in [0.4, 0.5) is 13.2 Å². The summed E-state index contributed by atoms with van der Waals surface area (Å²) in [6.07, 6.45) is 1.20. The van der Waals surface area contributed by atoms with Crippen molar-refractivity contribution in [2.24, 2.45) is 0 Å². The highest BCUT2D eigenvalue weighted by molar-refractivity contribution is 5.90. The maximum Gasteiger partial charge on any atom is 0.416 e. The summed E-state index contributed by atoms with van der Waals surface area (Å²) < 4.78 is 44.9. The van der Waals surface area contributed by atoms with Crippen LogP contribution in [-0.2, 0) is 17.5 Å². The van der Waals surface area contributed by atoms with Crippen molar-refractivity contribution in [3.8, 4) is 5.75 Å². The Morgan fingerprint density at radius 3 is 2.23 bits per heavy atom. The zero-order valence-corrected chi connectivity index (χ0v) is 24.8. The van der Waals surface area contributed by atoms with E-state index in [1.54, 1.807) is 11.6 Å². The molecule has 0 saturated carbocycles. The van der Waals surface area contributed by atoms with Gasteiger partial charge in [-0.05, 0) is 79.5 Å². The minimum Gasteiger partial charge on any atom is -0.486 e. The van der Waals surface area contributed by atoms with Crippen molar-refractivity contribution in [2.75, 3.05) is 45.8 Å². The molecule has 1 amide bonds. The van der Waals surface area contributed by atoms with Gasteiger partial charge in [-0.15, -0.1) is 0 Å². The normalized spacial score (nSPS) is 15.4. The van der Waals surface area contributed by atoms with Gasteiger partial charge in [-0.3, -0.25) is 14.9 Å². The standard InChI is InChI=1S/C34H41F3N4O3/c35-34(36,37)30-13-15-31(16-14-30)44-32(29-6-2-1-3-7-29)18-20-38-19-4-5-21-40-22-24-41(25-23-40)26-28-10-8-27(9-11-28)12-17-33(42)39-43/h1-3,6-17,32,38,43H,4-5,18-26H2,(H,39,42)/b17-12+. The molecule has 44 heavy (non-hydrogen) atoms. The third-order valence-electron chi connectivity index (χ3n) is 7.68. The first kappa shape index (κ1) is 33.2. The number of ether oxygens (including phenoxy) is 1. The predicted octanol–water partition coefficient (Wildman–Crippen LogP) is 5.92. The molecular weight excluding hydrogens is 569 g/mol. The lowest BCUT2D eigenvalue weighted by Crippen LogP contribution is -2.46. The molecule has 3 N–H and O–H groups in total. The smallest absolute Gasteiger partial charge is 0.416 e. The van der Waals surface area contributed by atoms with E-state index in [2.05, 4.69) is 27.2 Å². The summed E-state index contributed by atoms with van der Waals surface area (Å²) in [4.78, 5) is 16.1. The number of carbonyl (C=O) groups is 1. The highest BCUT2D eigenvalue weighted by Crippen LogP contribution is 2.32. The lowest BCUT2D eigenvalue weighted by Gasteiger charge is -2.34. The molecule has 0 aromatic heterocycles. The van der Waals surface area contributed by atoms with Gasteiger partial charge in [-0.2, -0.15) is 13.2 Å². The van der Waals surface area contributed by atoms with Crippen LogP contribution < -0.4 is 15.5 Å². The van der Waals surface area contributed by atoms with Crippen molar-refractivity contribution in [1.82, 2.24) is 20.6 Å². The Morgan fingerprint density at radius 1 is 0.886 bits per heavy atom. The van der Waals surface area contributed by atoms with Crippen LogP contribution >= 0.6 is 0 Å². The molecule has 0 bridgehead atoms. The van der Waals surface area contributed by atoms with E-state index in [0.29, 0.717) is 12.2 Å². The molecule has 236 valence electrons. The third-order valence-corrected chi connectivity index (χ3v) is 7.68. The number of halogens is 3. The van der Waals surface area contributed by atoms with Crippen LogP contribution in [0.5, 0.6) is 5.75 Å². The first-order chi connectivity index (χ1) is 21.3. The topological polar surface area (TPSA) is 77.1 Å². The fourth-order valence-corrected chi connectivity index (χ4v) is 5.16. The van der Waals surface area contributed by atoms with E-state index in [0.717, 1.165) is 88.5 Å². The molecule has 4 rings (SSSR count). The van der Waals surface area contributed by atoms with Gasteiger partial charge in [0.15, 0.2) is 0 Å². The lowest BCUT2D eigenvalue weighted by atomic mass is 10.1. The Hall–Kier alpha value is -3.70. The number of hydrogen-bond donors (Lipinski definition) is 3. The number of alkyl halides is 3. The van der Waals surface area contributed by atoms with E-state index in [1.165, 1.54) is 23.8 Å². The molecule has 7 nitrogen and oxygen atoms in total. The largest absolute Gasteiger partial charge is 0.486 e. The summed E-state index contributed by atoms with van der Waals surface area (Å²) in [5.41, 5.74) is 4.02. The molecular formula is C34H41F3N4O3. The number of benzene rings is 3. The third kappa shape index (κ3) is 11.1. The van der Waals surface area contributed by atoms with Crippen molar-refractivity contribution in [1.29, 1.82) is 0 Å². The average Bonchev–Trinajstić information content (AvgIpc) is 3.04. The molecule has 1 saturated heterocycles. The zero-order valence-electron chi connectivity index (χ0n) is 24.8. The van der Waals surface area contributed by atoms with Crippen LogP contribution in [0.3, 0.4) is 0 Å². The Morgan fingerprint density at radius 2 is 1.57 bits per heavy atom. The second-order valence-electron chi connectivity index (χ2n) is 11.0. The molecule has 3 aromatic rings. The highest BCUT2D eigenvalue weighted by Gasteiger charge is 2.30. The second kappa shape index (κ2) is 17.0. The predicted molar refractivity (Wildman–Crippen MR) is 165 cm³/mol. The van der Waals surface area contributed by atoms with Crippen molar-refractivity contribution >= 4 is 12.0 Å². The zero-order chi connectivity index (χ0) is 31.2. The minimum absolute atomic E-state index is 0.258. The minimum atomic E-state index is -4.37. The molecule has 1 unspecified atom stereocenters. The molecule has 1 fully saturated rings. The van der Waals surface area contributed by atoms with Gasteiger partial charge in [0.05, 0.1) is 5.56 Å². The molecule has 0 aliphatic carbocycles. The summed E-state index contributed by atoms with van der Waals surface area (Å²) >= 11 is 0. The van der Waals surface area contributed by atoms with Gasteiger partial charge in [0.25, 0.3) is 5.91 Å². The van der Waals surface area contributed by atoms with Crippen LogP contribution in [-0.4, -0.2) is 66.7 Å². The molecule has 0 spiro atoms. The molecule has 10 heteroatoms. The van der Waals surface area contributed by atoms with Crippen LogP contribution in [0.25, 0.3) is 6.08 Å². The average molecular weight is 611 g/mol. The number of piperazine rings is 1. The summed E-state index contributed by atoms with van der Waals surface area (Å²) in [7, 11) is 0. The molecule has 0 radical (unpaired) electrons. The number of hydroxylamine groups is 1. The summed E-state index contributed by atoms with van der Waals surface area (Å²) in [5, 5.41) is 12.1. The Kier molecular flexibility index (Phi) is 12.8. The fourth-order valence-electron chi connectivity index (χ4n) is 5.16. The molecule has 1 aliphatic heterocycles. The molecule has 1 heterocycles. The van der Waals surface area contributed by atoms with E-state index in [1.807, 2.05) is 42.5 Å². The number of hydrogen-bond acceptors (Lipinski definition) is 6. The van der Waals surface area contributed by atoms with E-state index in [-0.39, 0.29) is 6.10 Å². The van der Waals surface area contributed by atoms with Gasteiger partial charge >= 0.3 is 6.18 Å². The van der Waals surface area contributed by atoms with Crippen molar-refractivity contribution in [3.63, 3.8) is 0 Å². The number of carbonyl (C=O) groups excluding carboxylic acids is 1. The lowest BCUT2D eigenvalue weighted by molar-refractivity contribution is -0.137. The van der Waals surface area contributed by atoms with Crippen LogP contribution in [0.1, 0.15) is 47.6 Å². The van der Waals surface area contributed by atoms with E-state index in [9.17, 15) is 18.0 Å². The Balaban J connectivity index is 1.10. The molecule has 3 aromatic carbocycles. The maximum atomic E-state index is 12.9. The molecule has 1 atom stereocenters. The Labute approximate surface area is 257 Å². The van der Waals surface area contributed by atoms with Gasteiger partial charge in [0.1, 0.15) is 11.9 Å². The maximum absolute atomic E-state index is 12.9. The summed E-state index contributed by atoms with van der Waals surface area (Å²) in [6, 6.07) is 22.7. The van der Waals surface area contributed by atoms with Gasteiger partial charge in [-0.1, -0.05) is 54.6 Å². The van der Waals surface area contributed by atoms with Gasteiger partial charge in [0.2, 0.25) is 0 Å². The van der Waals surface area contributed by atoms with Gasteiger partial charge in [0, 0.05) is 45.2 Å². The van der Waals surface area contributed by atoms with Crippen molar-refractivity contribution in [2.45, 2.75) is 38.1 Å². The monoisotopic (exact) mass is 610 g/mol. The number of nitrogens with zero attached hydrogens (tertiary/aromatic N) is 2. The van der Waals surface area contributed by atoms with Crippen molar-refractivity contribution in [3.05, 3.63) is 107 Å².